The Bertz CT molecular complexity index is 365. The van der Waals surface area contributed by atoms with Crippen molar-refractivity contribution < 1.29 is 14.6 Å². The molecule has 0 amide bonds. The number of rotatable bonds is 5. The van der Waals surface area contributed by atoms with Crippen LogP contribution in [0.3, 0.4) is 0 Å². The first-order valence-electron chi connectivity index (χ1n) is 5.20. The minimum Gasteiger partial charge on any atom is -0.508 e. The predicted molar refractivity (Wildman–Crippen MR) is 63.7 cm³/mol. The molecular weight excluding hydrogens is 204 g/mol. The van der Waals surface area contributed by atoms with Crippen molar-refractivity contribution in [1.29, 1.82) is 0 Å². The van der Waals surface area contributed by atoms with Gasteiger partial charge in [0, 0.05) is 13.2 Å². The molecule has 0 aromatic heterocycles. The van der Waals surface area contributed by atoms with Gasteiger partial charge in [0.05, 0.1) is 0 Å². The zero-order chi connectivity index (χ0) is 12.0. The average molecular weight is 222 g/mol. The van der Waals surface area contributed by atoms with Gasteiger partial charge in [-0.1, -0.05) is 17.7 Å². The predicted octanol–water partition coefficient (Wildman–Crippen LogP) is 2.88. The van der Waals surface area contributed by atoms with E-state index in [1.54, 1.807) is 19.2 Å². The Kier molecular flexibility index (Phi) is 4.86. The number of phenolic OH excluding ortho intramolecular Hbond substituents is 1. The molecule has 0 bridgehead atoms. The van der Waals surface area contributed by atoms with E-state index in [1.165, 1.54) is 5.57 Å². The number of aromatic hydroxyl groups is 1. The van der Waals surface area contributed by atoms with Crippen molar-refractivity contribution in [1.82, 2.24) is 0 Å². The molecule has 0 saturated heterocycles. The Morgan fingerprint density at radius 3 is 2.75 bits per heavy atom. The summed E-state index contributed by atoms with van der Waals surface area (Å²) in [5, 5.41) is 9.38. The minimum absolute atomic E-state index is 0.186. The highest BCUT2D eigenvalue weighted by Gasteiger charge is 2.03. The van der Waals surface area contributed by atoms with Crippen LogP contribution in [-0.4, -0.2) is 19.0 Å². The van der Waals surface area contributed by atoms with E-state index in [1.807, 2.05) is 6.07 Å². The van der Waals surface area contributed by atoms with Crippen LogP contribution in [0.2, 0.25) is 0 Å². The second-order valence-electron chi connectivity index (χ2n) is 3.83. The number of ether oxygens (including phenoxy) is 2. The van der Waals surface area contributed by atoms with E-state index < -0.39 is 0 Å². The first-order chi connectivity index (χ1) is 7.63. The summed E-state index contributed by atoms with van der Waals surface area (Å²) in [5.41, 5.74) is 2.29. The molecule has 1 aromatic carbocycles. The summed E-state index contributed by atoms with van der Waals surface area (Å²) in [6.07, 6.45) is 2.91. The molecule has 3 nitrogen and oxygen atoms in total. The Morgan fingerprint density at radius 1 is 1.38 bits per heavy atom. The van der Waals surface area contributed by atoms with Gasteiger partial charge < -0.3 is 14.6 Å². The zero-order valence-corrected chi connectivity index (χ0v) is 9.99. The average Bonchev–Trinajstić information content (AvgIpc) is 2.24. The monoisotopic (exact) mass is 222 g/mol. The summed E-state index contributed by atoms with van der Waals surface area (Å²) < 4.78 is 10.2. The maximum Gasteiger partial charge on any atom is 0.188 e. The van der Waals surface area contributed by atoms with Gasteiger partial charge in [-0.3, -0.25) is 0 Å². The highest BCUT2D eigenvalue weighted by molar-refractivity contribution is 5.41. The molecule has 0 radical (unpaired) electrons. The van der Waals surface area contributed by atoms with Crippen LogP contribution in [0.5, 0.6) is 11.5 Å². The van der Waals surface area contributed by atoms with Crippen molar-refractivity contribution in [3.63, 3.8) is 0 Å². The lowest BCUT2D eigenvalue weighted by atomic mass is 10.1. The number of hydrogen-bond acceptors (Lipinski definition) is 3. The molecule has 16 heavy (non-hydrogen) atoms. The van der Waals surface area contributed by atoms with E-state index in [2.05, 4.69) is 19.9 Å². The number of allylic oxidation sites excluding steroid dienone is 2. The molecule has 88 valence electrons. The van der Waals surface area contributed by atoms with Crippen LogP contribution in [0.1, 0.15) is 19.4 Å². The molecule has 0 aliphatic carbocycles. The zero-order valence-electron chi connectivity index (χ0n) is 9.99. The van der Waals surface area contributed by atoms with Crippen LogP contribution >= 0.6 is 0 Å². The molecule has 1 N–H and O–H groups in total. The van der Waals surface area contributed by atoms with Crippen LogP contribution in [-0.2, 0) is 11.2 Å². The quantitative estimate of drug-likeness (QED) is 0.615. The van der Waals surface area contributed by atoms with Crippen molar-refractivity contribution in [3.05, 3.63) is 35.4 Å². The summed E-state index contributed by atoms with van der Waals surface area (Å²) >= 11 is 0. The molecule has 0 aliphatic rings. The highest BCUT2D eigenvalue weighted by Crippen LogP contribution is 2.25. The number of hydrogen-bond donors (Lipinski definition) is 1. The van der Waals surface area contributed by atoms with Gasteiger partial charge in [-0.15, -0.1) is 0 Å². The molecule has 0 spiro atoms. The van der Waals surface area contributed by atoms with Crippen LogP contribution in [0, 0.1) is 0 Å². The summed E-state index contributed by atoms with van der Waals surface area (Å²) in [6.45, 7) is 4.29. The molecule has 0 saturated carbocycles. The lowest BCUT2D eigenvalue weighted by molar-refractivity contribution is 0.0504. The van der Waals surface area contributed by atoms with Gasteiger partial charge in [0.25, 0.3) is 0 Å². The fourth-order valence-electron chi connectivity index (χ4n) is 1.28. The van der Waals surface area contributed by atoms with Gasteiger partial charge in [-0.2, -0.15) is 0 Å². The van der Waals surface area contributed by atoms with E-state index in [9.17, 15) is 5.11 Å². The number of methoxy groups -OCH3 is 1. The fraction of sp³-hybridized carbons (Fsp3) is 0.385. The summed E-state index contributed by atoms with van der Waals surface area (Å²) in [7, 11) is 1.57. The second kappa shape index (κ2) is 6.18. The van der Waals surface area contributed by atoms with Crippen LogP contribution in [0.15, 0.2) is 29.8 Å². The SMILES string of the molecule is COCOc1cc(O)ccc1CC=C(C)C. The standard InChI is InChI=1S/C13H18O3/c1-10(2)4-5-11-6-7-12(14)8-13(11)16-9-15-3/h4,6-8,14H,5,9H2,1-3H3. The lowest BCUT2D eigenvalue weighted by Gasteiger charge is -2.10. The minimum atomic E-state index is 0.186. The fourth-order valence-corrected chi connectivity index (χ4v) is 1.28. The van der Waals surface area contributed by atoms with Crippen molar-refractivity contribution in [2.45, 2.75) is 20.3 Å². The molecule has 0 atom stereocenters. The summed E-state index contributed by atoms with van der Waals surface area (Å²) in [4.78, 5) is 0. The maximum atomic E-state index is 9.38. The van der Waals surface area contributed by atoms with Gasteiger partial charge in [0.2, 0.25) is 0 Å². The Balaban J connectivity index is 2.84. The van der Waals surface area contributed by atoms with Crippen LogP contribution in [0.4, 0.5) is 0 Å². The van der Waals surface area contributed by atoms with Crippen molar-refractivity contribution in [3.8, 4) is 11.5 Å². The van der Waals surface area contributed by atoms with Gasteiger partial charge >= 0.3 is 0 Å². The van der Waals surface area contributed by atoms with Gasteiger partial charge in [-0.25, -0.2) is 0 Å². The third-order valence-electron chi connectivity index (χ3n) is 2.11. The van der Waals surface area contributed by atoms with E-state index >= 15 is 0 Å². The summed E-state index contributed by atoms with van der Waals surface area (Å²) in [6, 6.07) is 5.13. The summed E-state index contributed by atoms with van der Waals surface area (Å²) in [5.74, 6) is 0.867. The van der Waals surface area contributed by atoms with Gasteiger partial charge in [0.1, 0.15) is 11.5 Å². The molecule has 0 heterocycles. The molecule has 1 aromatic rings. The highest BCUT2D eigenvalue weighted by atomic mass is 16.7. The van der Waals surface area contributed by atoms with Crippen molar-refractivity contribution >= 4 is 0 Å². The Morgan fingerprint density at radius 2 is 2.12 bits per heavy atom. The first-order valence-corrected chi connectivity index (χ1v) is 5.20. The largest absolute Gasteiger partial charge is 0.508 e. The van der Waals surface area contributed by atoms with Crippen LogP contribution < -0.4 is 4.74 Å². The molecule has 1 rings (SSSR count). The van der Waals surface area contributed by atoms with E-state index in [0.717, 1.165) is 12.0 Å². The lowest BCUT2D eigenvalue weighted by Crippen LogP contribution is -2.01. The second-order valence-corrected chi connectivity index (χ2v) is 3.83. The van der Waals surface area contributed by atoms with Crippen LogP contribution in [0.25, 0.3) is 0 Å². The molecular formula is C13H18O3. The normalized spacial score (nSPS) is 9.94. The number of phenols is 1. The van der Waals surface area contributed by atoms with E-state index in [0.29, 0.717) is 5.75 Å². The third-order valence-corrected chi connectivity index (χ3v) is 2.11. The Hall–Kier alpha value is -1.48. The topological polar surface area (TPSA) is 38.7 Å². The number of benzene rings is 1. The van der Waals surface area contributed by atoms with Gasteiger partial charge in [-0.05, 0) is 31.9 Å². The van der Waals surface area contributed by atoms with Crippen molar-refractivity contribution in [2.75, 3.05) is 13.9 Å². The third kappa shape index (κ3) is 3.95. The molecule has 0 aliphatic heterocycles. The molecule has 0 unspecified atom stereocenters. The smallest absolute Gasteiger partial charge is 0.188 e. The first kappa shape index (κ1) is 12.6. The molecule has 0 fully saturated rings. The van der Waals surface area contributed by atoms with E-state index in [-0.39, 0.29) is 12.5 Å². The van der Waals surface area contributed by atoms with Gasteiger partial charge in [0.15, 0.2) is 6.79 Å². The maximum absolute atomic E-state index is 9.38. The Labute approximate surface area is 96.3 Å². The van der Waals surface area contributed by atoms with Crippen molar-refractivity contribution in [2.24, 2.45) is 0 Å². The van der Waals surface area contributed by atoms with E-state index in [4.69, 9.17) is 9.47 Å². The molecule has 3 heteroatoms.